The highest BCUT2D eigenvalue weighted by atomic mass is 32.1. The van der Waals surface area contributed by atoms with Gasteiger partial charge in [-0.1, -0.05) is 13.8 Å². The van der Waals surface area contributed by atoms with E-state index in [0.29, 0.717) is 16.6 Å². The second kappa shape index (κ2) is 14.4. The number of halogens is 5. The van der Waals surface area contributed by atoms with Crippen LogP contribution in [0.15, 0.2) is 12.3 Å². The van der Waals surface area contributed by atoms with Gasteiger partial charge in [0.1, 0.15) is 12.4 Å². The highest BCUT2D eigenvalue weighted by Gasteiger charge is 2.28. The number of likely N-dealkylation sites (tertiary alicyclic amines) is 1. The molecule has 1 unspecified atom stereocenters. The number of thiazole rings is 1. The van der Waals surface area contributed by atoms with Crippen molar-refractivity contribution >= 4 is 29.5 Å². The van der Waals surface area contributed by atoms with Crippen LogP contribution in [0.5, 0.6) is 0 Å². The maximum absolute atomic E-state index is 13.5. The van der Waals surface area contributed by atoms with E-state index >= 15 is 0 Å². The molecule has 0 bridgehead atoms. The van der Waals surface area contributed by atoms with Gasteiger partial charge in [-0.2, -0.15) is 13.2 Å². The number of aryl methyl sites for hydroxylation is 1. The first-order valence-corrected chi connectivity index (χ1v) is 13.4. The Kier molecular flexibility index (Phi) is 11.9. The van der Waals surface area contributed by atoms with Crippen LogP contribution in [0, 0.1) is 6.92 Å². The summed E-state index contributed by atoms with van der Waals surface area (Å²) in [6, 6.07) is 1.49. The summed E-state index contributed by atoms with van der Waals surface area (Å²) in [5, 5.41) is 4.97. The van der Waals surface area contributed by atoms with E-state index in [1.165, 1.54) is 12.8 Å². The van der Waals surface area contributed by atoms with Gasteiger partial charge in [0.2, 0.25) is 6.41 Å². The molecule has 2 amide bonds. The molecule has 1 saturated heterocycles. The van der Waals surface area contributed by atoms with E-state index < -0.39 is 24.7 Å². The summed E-state index contributed by atoms with van der Waals surface area (Å²) in [6.45, 7) is 7.25. The van der Waals surface area contributed by atoms with Crippen molar-refractivity contribution in [1.29, 1.82) is 0 Å². The summed E-state index contributed by atoms with van der Waals surface area (Å²) in [7, 11) is 0. The second-order valence-electron chi connectivity index (χ2n) is 8.80. The normalized spacial score (nSPS) is 17.1. The Morgan fingerprint density at radius 3 is 2.39 bits per heavy atom. The average Bonchev–Trinajstić information content (AvgIpc) is 3.45. The molecule has 2 aromatic rings. The van der Waals surface area contributed by atoms with Gasteiger partial charge in [0.15, 0.2) is 5.01 Å². The van der Waals surface area contributed by atoms with Crippen molar-refractivity contribution in [3.05, 3.63) is 28.5 Å². The van der Waals surface area contributed by atoms with Gasteiger partial charge < -0.3 is 15.5 Å². The van der Waals surface area contributed by atoms with E-state index in [9.17, 15) is 31.5 Å². The number of anilines is 1. The van der Waals surface area contributed by atoms with Gasteiger partial charge in [0.05, 0.1) is 10.6 Å². The SMILES string of the molecule is CC.CC1CCCN1C=O.Cc1nc(C(=O)NC2CCC2)sc1-c1cnc(NCC(F)(F)F)cc1C(F)F. The molecule has 2 fully saturated rings. The van der Waals surface area contributed by atoms with Crippen molar-refractivity contribution in [3.63, 3.8) is 0 Å². The van der Waals surface area contributed by atoms with Crippen molar-refractivity contribution in [1.82, 2.24) is 20.2 Å². The number of pyridine rings is 1. The Balaban J connectivity index is 0.000000428. The molecule has 2 N–H and O–H groups in total. The minimum Gasteiger partial charge on any atom is -0.361 e. The van der Waals surface area contributed by atoms with Crippen molar-refractivity contribution in [2.75, 3.05) is 18.4 Å². The summed E-state index contributed by atoms with van der Waals surface area (Å²) in [5.41, 5.74) is -0.0499. The molecular formula is C25H34F5N5O2S. The van der Waals surface area contributed by atoms with Crippen LogP contribution in [-0.2, 0) is 4.79 Å². The van der Waals surface area contributed by atoms with Crippen molar-refractivity contribution in [2.45, 2.75) is 84.5 Å². The molecular weight excluding hydrogens is 529 g/mol. The molecule has 13 heteroatoms. The fourth-order valence-corrected chi connectivity index (χ4v) is 4.79. The Hall–Kier alpha value is -2.83. The number of carbonyl (C=O) groups excluding carboxylic acids is 2. The van der Waals surface area contributed by atoms with Gasteiger partial charge in [-0.3, -0.25) is 9.59 Å². The highest BCUT2D eigenvalue weighted by molar-refractivity contribution is 7.17. The average molecular weight is 564 g/mol. The van der Waals surface area contributed by atoms with Crippen LogP contribution >= 0.6 is 11.3 Å². The number of nitrogens with one attached hydrogen (secondary N) is 2. The number of alkyl halides is 5. The zero-order valence-corrected chi connectivity index (χ0v) is 22.7. The number of hydrogen-bond donors (Lipinski definition) is 2. The zero-order chi connectivity index (χ0) is 28.5. The van der Waals surface area contributed by atoms with Crippen LogP contribution in [0.25, 0.3) is 10.4 Å². The zero-order valence-electron chi connectivity index (χ0n) is 21.9. The van der Waals surface area contributed by atoms with Gasteiger partial charge in [0.25, 0.3) is 12.3 Å². The molecule has 2 aromatic heterocycles. The first-order chi connectivity index (χ1) is 18.0. The van der Waals surface area contributed by atoms with E-state index in [-0.39, 0.29) is 28.3 Å². The predicted molar refractivity (Wildman–Crippen MR) is 138 cm³/mol. The van der Waals surface area contributed by atoms with Crippen LogP contribution in [0.1, 0.15) is 80.4 Å². The highest BCUT2D eigenvalue weighted by Crippen LogP contribution is 2.37. The first kappa shape index (κ1) is 31.4. The van der Waals surface area contributed by atoms with Gasteiger partial charge in [-0.15, -0.1) is 11.3 Å². The standard InChI is InChI=1S/C17H17F5N4OS.C6H11NO.C2H6/c1-8-13(28-16(25-8)15(27)26-9-3-2-4-9)11-6-23-12(5-10(11)14(18)19)24-7-17(20,21)22;1-6-3-2-4-7(6)5-8;1-2/h5-6,9,14H,2-4,7H2,1H3,(H,23,24)(H,26,27);5-6H,2-4H2,1H3;1-2H3. The van der Waals surface area contributed by atoms with Gasteiger partial charge >= 0.3 is 6.18 Å². The number of hydrogen-bond acceptors (Lipinski definition) is 6. The fourth-order valence-electron chi connectivity index (χ4n) is 3.78. The lowest BCUT2D eigenvalue weighted by Crippen LogP contribution is -2.39. The third-order valence-electron chi connectivity index (χ3n) is 6.06. The molecule has 7 nitrogen and oxygen atoms in total. The Morgan fingerprint density at radius 1 is 1.24 bits per heavy atom. The van der Waals surface area contributed by atoms with Crippen LogP contribution in [0.4, 0.5) is 27.8 Å². The quantitative estimate of drug-likeness (QED) is 0.302. The lowest BCUT2D eigenvalue weighted by Gasteiger charge is -2.25. The van der Waals surface area contributed by atoms with Gasteiger partial charge in [0, 0.05) is 36.0 Å². The lowest BCUT2D eigenvalue weighted by molar-refractivity contribution is -0.118. The molecule has 0 spiro atoms. The molecule has 1 saturated carbocycles. The number of amides is 2. The topological polar surface area (TPSA) is 87.2 Å². The predicted octanol–water partition coefficient (Wildman–Crippen LogP) is 6.36. The molecule has 3 heterocycles. The molecule has 1 aliphatic carbocycles. The molecule has 1 aliphatic heterocycles. The third-order valence-corrected chi connectivity index (χ3v) is 7.25. The molecule has 1 atom stereocenters. The van der Waals surface area contributed by atoms with E-state index in [0.717, 1.165) is 55.8 Å². The molecule has 0 aromatic carbocycles. The fraction of sp³-hybridized carbons (Fsp3) is 0.600. The maximum atomic E-state index is 13.5. The van der Waals surface area contributed by atoms with E-state index in [1.807, 2.05) is 24.1 Å². The molecule has 0 radical (unpaired) electrons. The summed E-state index contributed by atoms with van der Waals surface area (Å²) in [4.78, 5) is 32.5. The van der Waals surface area contributed by atoms with Crippen molar-refractivity contribution in [2.24, 2.45) is 0 Å². The molecule has 2 aliphatic rings. The molecule has 212 valence electrons. The summed E-state index contributed by atoms with van der Waals surface area (Å²) >= 11 is 0.955. The summed E-state index contributed by atoms with van der Waals surface area (Å²) in [6.07, 6.45) is -0.208. The largest absolute Gasteiger partial charge is 0.405 e. The first-order valence-electron chi connectivity index (χ1n) is 12.6. The smallest absolute Gasteiger partial charge is 0.361 e. The Morgan fingerprint density at radius 2 is 1.92 bits per heavy atom. The van der Waals surface area contributed by atoms with Crippen LogP contribution in [-0.4, -0.2) is 58.5 Å². The van der Waals surface area contributed by atoms with Crippen molar-refractivity contribution in [3.8, 4) is 10.4 Å². The third kappa shape index (κ3) is 8.88. The lowest BCUT2D eigenvalue weighted by atomic mass is 9.93. The Bertz CT molecular complexity index is 1060. The van der Waals surface area contributed by atoms with Crippen molar-refractivity contribution < 1.29 is 31.5 Å². The van der Waals surface area contributed by atoms with E-state index in [4.69, 9.17) is 0 Å². The molecule has 4 rings (SSSR count). The number of nitrogens with zero attached hydrogens (tertiary/aromatic N) is 3. The van der Waals surface area contributed by atoms with Crippen LogP contribution in [0.3, 0.4) is 0 Å². The van der Waals surface area contributed by atoms with Gasteiger partial charge in [-0.25, -0.2) is 18.7 Å². The van der Waals surface area contributed by atoms with E-state index in [2.05, 4.69) is 22.2 Å². The Labute approximate surface area is 223 Å². The van der Waals surface area contributed by atoms with Crippen LogP contribution < -0.4 is 10.6 Å². The minimum absolute atomic E-state index is 0.0465. The molecule has 38 heavy (non-hydrogen) atoms. The summed E-state index contributed by atoms with van der Waals surface area (Å²) in [5.74, 6) is -0.666. The maximum Gasteiger partial charge on any atom is 0.405 e. The van der Waals surface area contributed by atoms with Crippen LogP contribution in [0.2, 0.25) is 0 Å². The number of aromatic nitrogens is 2. The minimum atomic E-state index is -4.50. The number of rotatable bonds is 7. The van der Waals surface area contributed by atoms with Gasteiger partial charge in [-0.05, 0) is 52.0 Å². The summed E-state index contributed by atoms with van der Waals surface area (Å²) < 4.78 is 64.0. The second-order valence-corrected chi connectivity index (χ2v) is 9.79. The van der Waals surface area contributed by atoms with E-state index in [1.54, 1.807) is 6.92 Å². The monoisotopic (exact) mass is 563 g/mol. The number of carbonyl (C=O) groups is 2.